The first-order valence-electron chi connectivity index (χ1n) is 5.68. The quantitative estimate of drug-likeness (QED) is 0.887. The number of halogens is 1. The standard InChI is InChI=1S/C12H18ClN3O2/c1-8(2)16(4-5-18-3)12(17)9-6-11(14)15-7-10(9)13/h6-8H,4-5H2,1-3H3,(H2,14,15). The second kappa shape index (κ2) is 6.56. The van der Waals surface area contributed by atoms with E-state index in [9.17, 15) is 4.79 Å². The minimum atomic E-state index is -0.166. The van der Waals surface area contributed by atoms with Gasteiger partial charge in [-0.15, -0.1) is 0 Å². The van der Waals surface area contributed by atoms with Gasteiger partial charge < -0.3 is 15.4 Å². The van der Waals surface area contributed by atoms with Gasteiger partial charge in [0.15, 0.2) is 0 Å². The predicted molar refractivity (Wildman–Crippen MR) is 71.7 cm³/mol. The number of nitrogens with zero attached hydrogens (tertiary/aromatic N) is 2. The number of hydrogen-bond donors (Lipinski definition) is 1. The van der Waals surface area contributed by atoms with Gasteiger partial charge in [0.2, 0.25) is 0 Å². The number of rotatable bonds is 5. The SMILES string of the molecule is COCCN(C(=O)c1cc(N)ncc1Cl)C(C)C. The van der Waals surface area contributed by atoms with Crippen molar-refractivity contribution < 1.29 is 9.53 Å². The van der Waals surface area contributed by atoms with Gasteiger partial charge in [0.25, 0.3) is 5.91 Å². The molecule has 0 aliphatic rings. The van der Waals surface area contributed by atoms with E-state index in [-0.39, 0.29) is 17.8 Å². The van der Waals surface area contributed by atoms with Crippen LogP contribution in [0.5, 0.6) is 0 Å². The summed E-state index contributed by atoms with van der Waals surface area (Å²) in [6.07, 6.45) is 1.39. The summed E-state index contributed by atoms with van der Waals surface area (Å²) >= 11 is 5.98. The Hall–Kier alpha value is -1.33. The van der Waals surface area contributed by atoms with Crippen LogP contribution in [0.4, 0.5) is 5.82 Å². The lowest BCUT2D eigenvalue weighted by atomic mass is 10.2. The van der Waals surface area contributed by atoms with Crippen molar-refractivity contribution in [3.05, 3.63) is 22.8 Å². The van der Waals surface area contributed by atoms with E-state index in [1.807, 2.05) is 13.8 Å². The Balaban J connectivity index is 2.98. The maximum atomic E-state index is 12.4. The van der Waals surface area contributed by atoms with Crippen molar-refractivity contribution in [3.63, 3.8) is 0 Å². The molecule has 0 saturated heterocycles. The smallest absolute Gasteiger partial charge is 0.255 e. The van der Waals surface area contributed by atoms with Crippen LogP contribution >= 0.6 is 11.6 Å². The molecule has 0 fully saturated rings. The Morgan fingerprint density at radius 1 is 1.61 bits per heavy atom. The summed E-state index contributed by atoms with van der Waals surface area (Å²) < 4.78 is 5.00. The van der Waals surface area contributed by atoms with Crippen molar-refractivity contribution in [1.82, 2.24) is 9.88 Å². The molecule has 1 rings (SSSR count). The first kappa shape index (κ1) is 14.7. The van der Waals surface area contributed by atoms with Gasteiger partial charge >= 0.3 is 0 Å². The Morgan fingerprint density at radius 3 is 2.83 bits per heavy atom. The normalized spacial score (nSPS) is 10.7. The minimum Gasteiger partial charge on any atom is -0.384 e. The van der Waals surface area contributed by atoms with Gasteiger partial charge in [-0.3, -0.25) is 4.79 Å². The molecule has 6 heteroatoms. The summed E-state index contributed by atoms with van der Waals surface area (Å²) in [4.78, 5) is 17.9. The number of anilines is 1. The van der Waals surface area contributed by atoms with Crippen LogP contribution in [0.1, 0.15) is 24.2 Å². The van der Waals surface area contributed by atoms with Gasteiger partial charge in [-0.05, 0) is 19.9 Å². The number of hydrogen-bond acceptors (Lipinski definition) is 4. The van der Waals surface area contributed by atoms with Crippen LogP contribution in [0.2, 0.25) is 5.02 Å². The number of carbonyl (C=O) groups excluding carboxylic acids is 1. The third kappa shape index (κ3) is 3.58. The van der Waals surface area contributed by atoms with E-state index in [1.165, 1.54) is 12.3 Å². The molecule has 0 aliphatic carbocycles. The third-order valence-electron chi connectivity index (χ3n) is 2.53. The van der Waals surface area contributed by atoms with E-state index < -0.39 is 0 Å². The number of amides is 1. The number of methoxy groups -OCH3 is 1. The van der Waals surface area contributed by atoms with Crippen molar-refractivity contribution in [2.75, 3.05) is 26.0 Å². The molecule has 5 nitrogen and oxygen atoms in total. The zero-order valence-electron chi connectivity index (χ0n) is 10.8. The molecule has 0 atom stereocenters. The summed E-state index contributed by atoms with van der Waals surface area (Å²) in [6, 6.07) is 1.55. The number of nitrogens with two attached hydrogens (primary N) is 1. The van der Waals surface area contributed by atoms with E-state index in [1.54, 1.807) is 12.0 Å². The fourth-order valence-electron chi connectivity index (χ4n) is 1.56. The Labute approximate surface area is 112 Å². The van der Waals surface area contributed by atoms with E-state index in [0.717, 1.165) is 0 Å². The predicted octanol–water partition coefficient (Wildman–Crippen LogP) is 1.81. The molecule has 0 saturated carbocycles. The average molecular weight is 272 g/mol. The molecule has 2 N–H and O–H groups in total. The Kier molecular flexibility index (Phi) is 5.37. The molecule has 0 unspecified atom stereocenters. The summed E-state index contributed by atoms with van der Waals surface area (Å²) in [5, 5.41) is 0.303. The summed E-state index contributed by atoms with van der Waals surface area (Å²) in [5.41, 5.74) is 5.95. The Bertz CT molecular complexity index is 424. The van der Waals surface area contributed by atoms with Crippen LogP contribution in [-0.2, 0) is 4.74 Å². The second-order valence-corrected chi connectivity index (χ2v) is 4.58. The highest BCUT2D eigenvalue weighted by Gasteiger charge is 2.21. The highest BCUT2D eigenvalue weighted by atomic mass is 35.5. The fourth-order valence-corrected chi connectivity index (χ4v) is 1.74. The number of pyridine rings is 1. The van der Waals surface area contributed by atoms with Gasteiger partial charge in [0, 0.05) is 25.9 Å². The van der Waals surface area contributed by atoms with E-state index in [0.29, 0.717) is 23.7 Å². The van der Waals surface area contributed by atoms with Crippen LogP contribution in [-0.4, -0.2) is 42.1 Å². The molecule has 1 heterocycles. The lowest BCUT2D eigenvalue weighted by Crippen LogP contribution is -2.39. The lowest BCUT2D eigenvalue weighted by molar-refractivity contribution is 0.0635. The van der Waals surface area contributed by atoms with Gasteiger partial charge in [-0.25, -0.2) is 4.98 Å². The second-order valence-electron chi connectivity index (χ2n) is 4.17. The van der Waals surface area contributed by atoms with Crippen molar-refractivity contribution >= 4 is 23.3 Å². The van der Waals surface area contributed by atoms with Gasteiger partial charge in [-0.2, -0.15) is 0 Å². The molecule has 100 valence electrons. The number of ether oxygens (including phenoxy) is 1. The largest absolute Gasteiger partial charge is 0.384 e. The molecule has 0 spiro atoms. The van der Waals surface area contributed by atoms with Crippen LogP contribution in [0.25, 0.3) is 0 Å². The maximum Gasteiger partial charge on any atom is 0.255 e. The van der Waals surface area contributed by atoms with Gasteiger partial charge in [-0.1, -0.05) is 11.6 Å². The summed E-state index contributed by atoms with van der Waals surface area (Å²) in [5.74, 6) is 0.111. The first-order valence-corrected chi connectivity index (χ1v) is 6.06. The zero-order chi connectivity index (χ0) is 13.7. The first-order chi connectivity index (χ1) is 8.47. The number of aromatic nitrogens is 1. The molecule has 0 radical (unpaired) electrons. The maximum absolute atomic E-state index is 12.4. The monoisotopic (exact) mass is 271 g/mol. The van der Waals surface area contributed by atoms with Gasteiger partial charge in [0.05, 0.1) is 17.2 Å². The summed E-state index contributed by atoms with van der Waals surface area (Å²) in [7, 11) is 1.60. The fraction of sp³-hybridized carbons (Fsp3) is 0.500. The molecule has 0 aliphatic heterocycles. The van der Waals surface area contributed by atoms with Gasteiger partial charge in [0.1, 0.15) is 5.82 Å². The van der Waals surface area contributed by atoms with Crippen molar-refractivity contribution in [2.45, 2.75) is 19.9 Å². The average Bonchev–Trinajstić information content (AvgIpc) is 2.32. The minimum absolute atomic E-state index is 0.0538. The van der Waals surface area contributed by atoms with Crippen molar-refractivity contribution in [2.24, 2.45) is 0 Å². The van der Waals surface area contributed by atoms with E-state index in [4.69, 9.17) is 22.1 Å². The molecule has 0 aromatic carbocycles. The lowest BCUT2D eigenvalue weighted by Gasteiger charge is -2.26. The highest BCUT2D eigenvalue weighted by molar-refractivity contribution is 6.33. The van der Waals surface area contributed by atoms with E-state index in [2.05, 4.69) is 4.98 Å². The molecular formula is C12H18ClN3O2. The summed E-state index contributed by atoms with van der Waals surface area (Å²) in [6.45, 7) is 4.85. The molecule has 0 bridgehead atoms. The highest BCUT2D eigenvalue weighted by Crippen LogP contribution is 2.19. The van der Waals surface area contributed by atoms with Crippen LogP contribution in [0.15, 0.2) is 12.3 Å². The molecular weight excluding hydrogens is 254 g/mol. The third-order valence-corrected chi connectivity index (χ3v) is 2.83. The van der Waals surface area contributed by atoms with Crippen LogP contribution in [0, 0.1) is 0 Å². The van der Waals surface area contributed by atoms with E-state index >= 15 is 0 Å². The zero-order valence-corrected chi connectivity index (χ0v) is 11.6. The van der Waals surface area contributed by atoms with Crippen molar-refractivity contribution in [1.29, 1.82) is 0 Å². The molecule has 1 aromatic rings. The molecule has 1 amide bonds. The molecule has 1 aromatic heterocycles. The number of carbonyl (C=O) groups is 1. The number of nitrogen functional groups attached to an aromatic ring is 1. The van der Waals surface area contributed by atoms with Crippen molar-refractivity contribution in [3.8, 4) is 0 Å². The molecule has 18 heavy (non-hydrogen) atoms. The topological polar surface area (TPSA) is 68.5 Å². The van der Waals surface area contributed by atoms with Crippen LogP contribution in [0.3, 0.4) is 0 Å². The Morgan fingerprint density at radius 2 is 2.28 bits per heavy atom. The van der Waals surface area contributed by atoms with Crippen LogP contribution < -0.4 is 5.73 Å².